The molecule has 104 valence electrons. The lowest BCUT2D eigenvalue weighted by molar-refractivity contribution is 0.102. The minimum Gasteiger partial charge on any atom is -0.496 e. The highest BCUT2D eigenvalue weighted by atomic mass is 79.9. The average molecular weight is 338 g/mol. The first kappa shape index (κ1) is 14.5. The topological polar surface area (TPSA) is 38.3 Å². The summed E-state index contributed by atoms with van der Waals surface area (Å²) in [7, 11) is 1.49. The summed E-state index contributed by atoms with van der Waals surface area (Å²) in [5, 5.41) is 2.65. The fraction of sp³-hybridized carbons (Fsp3) is 0.133. The summed E-state index contributed by atoms with van der Waals surface area (Å²) in [5.74, 6) is -0.257. The Balaban J connectivity index is 2.25. The monoisotopic (exact) mass is 337 g/mol. The molecule has 1 amide bonds. The van der Waals surface area contributed by atoms with E-state index in [2.05, 4.69) is 21.2 Å². The summed E-state index contributed by atoms with van der Waals surface area (Å²) < 4.78 is 19.4. The van der Waals surface area contributed by atoms with Gasteiger partial charge in [0, 0.05) is 10.2 Å². The summed E-state index contributed by atoms with van der Waals surface area (Å²) in [4.78, 5) is 12.2. The summed E-state index contributed by atoms with van der Waals surface area (Å²) in [6, 6.07) is 9.64. The van der Waals surface area contributed by atoms with Crippen molar-refractivity contribution in [1.29, 1.82) is 0 Å². The Morgan fingerprint density at radius 2 is 2.00 bits per heavy atom. The van der Waals surface area contributed by atoms with Crippen LogP contribution in [-0.2, 0) is 0 Å². The van der Waals surface area contributed by atoms with E-state index in [0.717, 1.165) is 4.47 Å². The van der Waals surface area contributed by atoms with Crippen LogP contribution in [0.15, 0.2) is 40.9 Å². The zero-order valence-corrected chi connectivity index (χ0v) is 12.6. The van der Waals surface area contributed by atoms with Gasteiger partial charge in [-0.15, -0.1) is 0 Å². The van der Waals surface area contributed by atoms with Crippen LogP contribution in [0.2, 0.25) is 0 Å². The van der Waals surface area contributed by atoms with Crippen LogP contribution in [-0.4, -0.2) is 13.0 Å². The zero-order valence-electron chi connectivity index (χ0n) is 11.0. The molecule has 0 saturated carbocycles. The lowest BCUT2D eigenvalue weighted by Gasteiger charge is -2.10. The number of hydrogen-bond acceptors (Lipinski definition) is 2. The van der Waals surface area contributed by atoms with Crippen LogP contribution in [0.25, 0.3) is 0 Å². The molecule has 0 spiro atoms. The van der Waals surface area contributed by atoms with E-state index in [-0.39, 0.29) is 11.7 Å². The first-order valence-electron chi connectivity index (χ1n) is 5.92. The van der Waals surface area contributed by atoms with Crippen LogP contribution in [0.4, 0.5) is 10.1 Å². The van der Waals surface area contributed by atoms with Gasteiger partial charge in [0.15, 0.2) is 0 Å². The standard InChI is InChI=1S/C15H13BrFNO2/c1-9-3-5-11(8-13(9)17)18-15(19)12-6-4-10(16)7-14(12)20-2/h3-8H,1-2H3,(H,18,19). The summed E-state index contributed by atoms with van der Waals surface area (Å²) in [6.07, 6.45) is 0. The Morgan fingerprint density at radius 3 is 2.65 bits per heavy atom. The molecule has 5 heteroatoms. The second-order valence-corrected chi connectivity index (χ2v) is 5.18. The van der Waals surface area contributed by atoms with E-state index in [4.69, 9.17) is 4.74 Å². The van der Waals surface area contributed by atoms with E-state index in [1.54, 1.807) is 37.3 Å². The van der Waals surface area contributed by atoms with Crippen molar-refractivity contribution < 1.29 is 13.9 Å². The number of aryl methyl sites for hydroxylation is 1. The quantitative estimate of drug-likeness (QED) is 0.913. The number of anilines is 1. The second-order valence-electron chi connectivity index (χ2n) is 4.26. The molecule has 3 nitrogen and oxygen atoms in total. The van der Waals surface area contributed by atoms with Crippen LogP contribution < -0.4 is 10.1 Å². The van der Waals surface area contributed by atoms with Gasteiger partial charge in [-0.1, -0.05) is 22.0 Å². The minimum atomic E-state index is -0.356. The van der Waals surface area contributed by atoms with Crippen molar-refractivity contribution in [2.45, 2.75) is 6.92 Å². The van der Waals surface area contributed by atoms with Crippen molar-refractivity contribution in [3.63, 3.8) is 0 Å². The van der Waals surface area contributed by atoms with Gasteiger partial charge in [-0.05, 0) is 42.8 Å². The SMILES string of the molecule is COc1cc(Br)ccc1C(=O)Nc1ccc(C)c(F)c1. The van der Waals surface area contributed by atoms with Crippen molar-refractivity contribution in [1.82, 2.24) is 0 Å². The molecule has 2 aromatic carbocycles. The van der Waals surface area contributed by atoms with E-state index < -0.39 is 0 Å². The number of benzene rings is 2. The molecular formula is C15H13BrFNO2. The highest BCUT2D eigenvalue weighted by molar-refractivity contribution is 9.10. The normalized spacial score (nSPS) is 10.2. The summed E-state index contributed by atoms with van der Waals surface area (Å²) >= 11 is 3.31. The van der Waals surface area contributed by atoms with Gasteiger partial charge in [-0.3, -0.25) is 4.79 Å². The number of hydrogen-bond donors (Lipinski definition) is 1. The molecule has 0 aliphatic heterocycles. The molecule has 1 N–H and O–H groups in total. The van der Waals surface area contributed by atoms with Crippen LogP contribution in [0.5, 0.6) is 5.75 Å². The molecule has 0 unspecified atom stereocenters. The number of rotatable bonds is 3. The van der Waals surface area contributed by atoms with E-state index in [1.165, 1.54) is 13.2 Å². The van der Waals surface area contributed by atoms with Crippen molar-refractivity contribution in [2.75, 3.05) is 12.4 Å². The smallest absolute Gasteiger partial charge is 0.259 e. The van der Waals surface area contributed by atoms with Gasteiger partial charge < -0.3 is 10.1 Å². The lowest BCUT2D eigenvalue weighted by Crippen LogP contribution is -2.13. The van der Waals surface area contributed by atoms with Crippen molar-refractivity contribution in [2.24, 2.45) is 0 Å². The third kappa shape index (κ3) is 3.17. The maximum absolute atomic E-state index is 13.4. The second kappa shape index (κ2) is 6.05. The van der Waals surface area contributed by atoms with E-state index in [1.807, 2.05) is 0 Å². The molecule has 0 aliphatic rings. The van der Waals surface area contributed by atoms with E-state index in [9.17, 15) is 9.18 Å². The van der Waals surface area contributed by atoms with E-state index >= 15 is 0 Å². The zero-order chi connectivity index (χ0) is 14.7. The third-order valence-electron chi connectivity index (χ3n) is 2.84. The molecule has 0 aromatic heterocycles. The minimum absolute atomic E-state index is 0.349. The van der Waals surface area contributed by atoms with Crippen LogP contribution in [0.3, 0.4) is 0 Å². The molecule has 0 atom stereocenters. The fourth-order valence-electron chi connectivity index (χ4n) is 1.72. The fourth-order valence-corrected chi connectivity index (χ4v) is 2.06. The predicted molar refractivity (Wildman–Crippen MR) is 79.8 cm³/mol. The number of methoxy groups -OCH3 is 1. The molecule has 0 saturated heterocycles. The predicted octanol–water partition coefficient (Wildman–Crippen LogP) is 4.16. The van der Waals surface area contributed by atoms with Crippen molar-refractivity contribution in [3.05, 3.63) is 57.8 Å². The number of carbonyl (C=O) groups excluding carboxylic acids is 1. The van der Waals surface area contributed by atoms with Crippen LogP contribution >= 0.6 is 15.9 Å². The highest BCUT2D eigenvalue weighted by Gasteiger charge is 2.13. The van der Waals surface area contributed by atoms with Gasteiger partial charge >= 0.3 is 0 Å². The molecule has 0 heterocycles. The van der Waals surface area contributed by atoms with Gasteiger partial charge in [-0.2, -0.15) is 0 Å². The summed E-state index contributed by atoms with van der Waals surface area (Å²) in [6.45, 7) is 1.67. The number of nitrogens with one attached hydrogen (secondary N) is 1. The Bertz CT molecular complexity index is 658. The first-order chi connectivity index (χ1) is 9.51. The van der Waals surface area contributed by atoms with Gasteiger partial charge in [-0.25, -0.2) is 4.39 Å². The van der Waals surface area contributed by atoms with Crippen LogP contribution in [0.1, 0.15) is 15.9 Å². The highest BCUT2D eigenvalue weighted by Crippen LogP contribution is 2.24. The molecule has 20 heavy (non-hydrogen) atoms. The van der Waals surface area contributed by atoms with Crippen molar-refractivity contribution in [3.8, 4) is 5.75 Å². The van der Waals surface area contributed by atoms with Gasteiger partial charge in [0.2, 0.25) is 0 Å². The molecular weight excluding hydrogens is 325 g/mol. The maximum atomic E-state index is 13.4. The van der Waals surface area contributed by atoms with Crippen molar-refractivity contribution >= 4 is 27.5 Å². The van der Waals surface area contributed by atoms with Gasteiger partial charge in [0.1, 0.15) is 11.6 Å². The lowest BCUT2D eigenvalue weighted by atomic mass is 10.1. The number of carbonyl (C=O) groups is 1. The molecule has 2 rings (SSSR count). The van der Waals surface area contributed by atoms with Gasteiger partial charge in [0.05, 0.1) is 12.7 Å². The summed E-state index contributed by atoms with van der Waals surface area (Å²) in [5.41, 5.74) is 1.32. The molecule has 2 aromatic rings. The first-order valence-corrected chi connectivity index (χ1v) is 6.71. The molecule has 0 aliphatic carbocycles. The number of amides is 1. The Morgan fingerprint density at radius 1 is 1.25 bits per heavy atom. The number of halogens is 2. The third-order valence-corrected chi connectivity index (χ3v) is 3.33. The Hall–Kier alpha value is -1.88. The largest absolute Gasteiger partial charge is 0.496 e. The number of ether oxygens (including phenoxy) is 1. The van der Waals surface area contributed by atoms with E-state index in [0.29, 0.717) is 22.6 Å². The van der Waals surface area contributed by atoms with Gasteiger partial charge in [0.25, 0.3) is 5.91 Å². The van der Waals surface area contributed by atoms with Crippen LogP contribution in [0, 0.1) is 12.7 Å². The maximum Gasteiger partial charge on any atom is 0.259 e. The Labute approximate surface area is 124 Å². The molecule has 0 radical (unpaired) electrons. The average Bonchev–Trinajstić information content (AvgIpc) is 2.42. The molecule has 0 bridgehead atoms. The Kier molecular flexibility index (Phi) is 4.39. The molecule has 0 fully saturated rings.